The maximum atomic E-state index is 13.0. The second-order valence-corrected chi connectivity index (χ2v) is 9.96. The number of aromatic nitrogens is 1. The van der Waals surface area contributed by atoms with Gasteiger partial charge in [0.2, 0.25) is 0 Å². The molecule has 10 heteroatoms. The van der Waals surface area contributed by atoms with Crippen LogP contribution in [0.2, 0.25) is 10.0 Å². The number of aryl methyl sites for hydroxylation is 1. The molecular weight excluding hydrogens is 487 g/mol. The Balaban J connectivity index is 1.57. The third kappa shape index (κ3) is 4.26. The van der Waals surface area contributed by atoms with E-state index in [1.54, 1.807) is 25.1 Å². The second-order valence-electron chi connectivity index (χ2n) is 7.63. The molecule has 2 heterocycles. The van der Waals surface area contributed by atoms with E-state index in [2.05, 4.69) is 28.8 Å². The molecule has 32 heavy (non-hydrogen) atoms. The monoisotopic (exact) mass is 504 g/mol. The number of hydrogen-bond acceptors (Lipinski definition) is 6. The topological polar surface area (TPSA) is 90.9 Å². The molecule has 0 spiro atoms. The van der Waals surface area contributed by atoms with Crippen LogP contribution in [-0.2, 0) is 12.8 Å². The highest BCUT2D eigenvalue weighted by Gasteiger charge is 2.27. The molecule has 164 valence electrons. The summed E-state index contributed by atoms with van der Waals surface area (Å²) in [6, 6.07) is 7.29. The molecule has 1 amide bonds. The fraction of sp³-hybridized carbons (Fsp3) is 0.273. The molecular formula is C22H18Cl2N4O2S2. The molecule has 0 saturated carbocycles. The van der Waals surface area contributed by atoms with Crippen molar-refractivity contribution >= 4 is 62.8 Å². The maximum absolute atomic E-state index is 13.0. The number of thiocarbonyl (C=S) groups is 1. The zero-order valence-electron chi connectivity index (χ0n) is 17.2. The van der Waals surface area contributed by atoms with Gasteiger partial charge in [0.1, 0.15) is 28.1 Å². The van der Waals surface area contributed by atoms with Gasteiger partial charge < -0.3 is 9.84 Å². The van der Waals surface area contributed by atoms with Crippen LogP contribution < -0.4 is 10.6 Å². The first-order valence-corrected chi connectivity index (χ1v) is 11.9. The van der Waals surface area contributed by atoms with Crippen LogP contribution in [0.5, 0.6) is 0 Å². The third-order valence-electron chi connectivity index (χ3n) is 5.37. The molecule has 0 radical (unpaired) electrons. The largest absolute Gasteiger partial charge is 0.360 e. The van der Waals surface area contributed by atoms with Crippen molar-refractivity contribution in [3.8, 4) is 17.3 Å². The average molecular weight is 505 g/mol. The smallest absolute Gasteiger partial charge is 0.263 e. The van der Waals surface area contributed by atoms with Crippen molar-refractivity contribution in [2.45, 2.75) is 33.1 Å². The van der Waals surface area contributed by atoms with Crippen LogP contribution in [0.15, 0.2) is 22.7 Å². The number of hydrogen-bond donors (Lipinski definition) is 2. The van der Waals surface area contributed by atoms with Crippen molar-refractivity contribution in [1.29, 1.82) is 5.26 Å². The number of nitriles is 1. The fourth-order valence-electron chi connectivity index (χ4n) is 3.79. The predicted octanol–water partition coefficient (Wildman–Crippen LogP) is 6.14. The van der Waals surface area contributed by atoms with Gasteiger partial charge >= 0.3 is 0 Å². The van der Waals surface area contributed by atoms with E-state index in [-0.39, 0.29) is 16.4 Å². The Bertz CT molecular complexity index is 1260. The zero-order valence-corrected chi connectivity index (χ0v) is 20.4. The van der Waals surface area contributed by atoms with Gasteiger partial charge in [-0.2, -0.15) is 5.26 Å². The Morgan fingerprint density at radius 1 is 1.38 bits per heavy atom. The average Bonchev–Trinajstić information content (AvgIpc) is 3.26. The molecule has 1 aliphatic rings. The van der Waals surface area contributed by atoms with E-state index in [0.717, 1.165) is 24.8 Å². The number of fused-ring (bicyclic) bond motifs is 1. The Labute approximate surface area is 204 Å². The number of carbonyl (C=O) groups is 1. The third-order valence-corrected chi connectivity index (χ3v) is 7.37. The summed E-state index contributed by atoms with van der Waals surface area (Å²) in [4.78, 5) is 14.2. The van der Waals surface area contributed by atoms with Crippen molar-refractivity contribution in [2.75, 3.05) is 5.32 Å². The molecule has 0 unspecified atom stereocenters. The summed E-state index contributed by atoms with van der Waals surface area (Å²) >= 11 is 19.5. The normalized spacial score (nSPS) is 15.0. The summed E-state index contributed by atoms with van der Waals surface area (Å²) in [5.74, 6) is 0.370. The van der Waals surface area contributed by atoms with E-state index in [9.17, 15) is 10.1 Å². The molecule has 0 saturated heterocycles. The molecule has 0 aliphatic heterocycles. The maximum Gasteiger partial charge on any atom is 0.263 e. The number of nitrogens with one attached hydrogen (secondary N) is 2. The Hall–Kier alpha value is -2.44. The van der Waals surface area contributed by atoms with Gasteiger partial charge in [0.05, 0.1) is 15.6 Å². The molecule has 2 N–H and O–H groups in total. The number of nitrogens with zero attached hydrogens (tertiary/aromatic N) is 2. The minimum Gasteiger partial charge on any atom is -0.360 e. The molecule has 1 atom stereocenters. The van der Waals surface area contributed by atoms with Crippen molar-refractivity contribution in [3.05, 3.63) is 55.6 Å². The van der Waals surface area contributed by atoms with Gasteiger partial charge in [0, 0.05) is 10.4 Å². The minimum absolute atomic E-state index is 0.0787. The lowest BCUT2D eigenvalue weighted by molar-refractivity contribution is 0.0977. The number of anilines is 1. The predicted molar refractivity (Wildman–Crippen MR) is 131 cm³/mol. The van der Waals surface area contributed by atoms with Crippen LogP contribution in [0.1, 0.15) is 45.5 Å². The van der Waals surface area contributed by atoms with E-state index in [1.807, 2.05) is 0 Å². The first kappa shape index (κ1) is 22.7. The van der Waals surface area contributed by atoms with E-state index in [1.165, 1.54) is 16.2 Å². The van der Waals surface area contributed by atoms with Gasteiger partial charge in [0.15, 0.2) is 5.11 Å². The van der Waals surface area contributed by atoms with Crippen molar-refractivity contribution < 1.29 is 9.32 Å². The quantitative estimate of drug-likeness (QED) is 0.416. The number of carbonyl (C=O) groups excluding carboxylic acids is 1. The van der Waals surface area contributed by atoms with Crippen LogP contribution in [0.4, 0.5) is 5.00 Å². The highest BCUT2D eigenvalue weighted by atomic mass is 35.5. The molecule has 2 aromatic heterocycles. The highest BCUT2D eigenvalue weighted by molar-refractivity contribution is 7.80. The summed E-state index contributed by atoms with van der Waals surface area (Å²) in [5.41, 5.74) is 2.50. The number of halogens is 2. The van der Waals surface area contributed by atoms with E-state index in [4.69, 9.17) is 39.9 Å². The van der Waals surface area contributed by atoms with Crippen LogP contribution >= 0.6 is 46.8 Å². The molecule has 0 bridgehead atoms. The zero-order chi connectivity index (χ0) is 23.0. The molecule has 3 aromatic rings. The van der Waals surface area contributed by atoms with Crippen LogP contribution in [0.3, 0.4) is 0 Å². The van der Waals surface area contributed by atoms with Crippen molar-refractivity contribution in [1.82, 2.24) is 10.5 Å². The minimum atomic E-state index is -0.513. The Kier molecular flexibility index (Phi) is 6.54. The number of thiophene rings is 1. The van der Waals surface area contributed by atoms with Crippen LogP contribution in [-0.4, -0.2) is 16.2 Å². The number of rotatable bonds is 3. The summed E-state index contributed by atoms with van der Waals surface area (Å²) in [7, 11) is 0. The van der Waals surface area contributed by atoms with E-state index >= 15 is 0 Å². The standard InChI is InChI=1S/C22H18Cl2N4O2S2/c1-10-6-7-12-13(9-25)21(32-16(12)8-10)27-22(31)26-20(29)17-11(2)30-28-19(17)18-14(23)4-3-5-15(18)24/h3-5,10H,6-8H2,1-2H3,(H2,26,27,29,31)/t10-/m0/s1. The molecule has 0 fully saturated rings. The number of amides is 1. The van der Waals surface area contributed by atoms with Crippen molar-refractivity contribution in [3.63, 3.8) is 0 Å². The van der Waals surface area contributed by atoms with Crippen molar-refractivity contribution in [2.24, 2.45) is 5.92 Å². The van der Waals surface area contributed by atoms with E-state index < -0.39 is 5.91 Å². The van der Waals surface area contributed by atoms with Crippen LogP contribution in [0, 0.1) is 24.2 Å². The summed E-state index contributed by atoms with van der Waals surface area (Å²) < 4.78 is 5.25. The fourth-order valence-corrected chi connectivity index (χ4v) is 5.99. The highest BCUT2D eigenvalue weighted by Crippen LogP contribution is 2.39. The lowest BCUT2D eigenvalue weighted by Gasteiger charge is -2.17. The van der Waals surface area contributed by atoms with Gasteiger partial charge in [-0.25, -0.2) is 0 Å². The number of benzene rings is 1. The van der Waals surface area contributed by atoms with Gasteiger partial charge in [0.25, 0.3) is 5.91 Å². The molecule has 1 aliphatic carbocycles. The Morgan fingerprint density at radius 3 is 2.78 bits per heavy atom. The first-order chi connectivity index (χ1) is 15.3. The van der Waals surface area contributed by atoms with Gasteiger partial charge in [-0.15, -0.1) is 11.3 Å². The van der Waals surface area contributed by atoms with Crippen LogP contribution in [0.25, 0.3) is 11.3 Å². The first-order valence-electron chi connectivity index (χ1n) is 9.87. The summed E-state index contributed by atoms with van der Waals surface area (Å²) in [5, 5.41) is 20.7. The van der Waals surface area contributed by atoms with Gasteiger partial charge in [-0.05, 0) is 62.0 Å². The second kappa shape index (κ2) is 9.20. The summed E-state index contributed by atoms with van der Waals surface area (Å²) in [6.45, 7) is 3.83. The van der Waals surface area contributed by atoms with Gasteiger partial charge in [-0.1, -0.05) is 41.3 Å². The lowest BCUT2D eigenvalue weighted by Crippen LogP contribution is -2.34. The SMILES string of the molecule is Cc1onc(-c2c(Cl)cccc2Cl)c1C(=O)NC(=S)Nc1sc2c(c1C#N)CC[C@H](C)C2. The lowest BCUT2D eigenvalue weighted by atomic mass is 9.89. The Morgan fingerprint density at radius 2 is 2.09 bits per heavy atom. The molecule has 4 rings (SSSR count). The van der Waals surface area contributed by atoms with Gasteiger partial charge in [-0.3, -0.25) is 10.1 Å². The molecule has 6 nitrogen and oxygen atoms in total. The molecule has 1 aromatic carbocycles. The van der Waals surface area contributed by atoms with E-state index in [0.29, 0.717) is 37.9 Å². The summed E-state index contributed by atoms with van der Waals surface area (Å²) in [6.07, 6.45) is 2.87.